The Labute approximate surface area is 99.2 Å². The molecular formula is C13H26N2O. The molecule has 3 nitrogen and oxygen atoms in total. The number of hydrogen-bond donors (Lipinski definition) is 2. The fourth-order valence-corrected chi connectivity index (χ4v) is 2.21. The number of carbonyl (C=O) groups is 1. The number of hydrogen-bond acceptors (Lipinski definition) is 2. The predicted molar refractivity (Wildman–Crippen MR) is 66.9 cm³/mol. The number of amides is 1. The summed E-state index contributed by atoms with van der Waals surface area (Å²) in [4.78, 5) is 12.1. The molecule has 1 saturated carbocycles. The van der Waals surface area contributed by atoms with Crippen LogP contribution in [0.5, 0.6) is 0 Å². The molecular weight excluding hydrogens is 200 g/mol. The minimum Gasteiger partial charge on any atom is -0.351 e. The lowest BCUT2D eigenvalue weighted by molar-refractivity contribution is -0.127. The van der Waals surface area contributed by atoms with Crippen molar-refractivity contribution in [1.82, 2.24) is 5.32 Å². The largest absolute Gasteiger partial charge is 0.351 e. The van der Waals surface area contributed by atoms with Crippen molar-refractivity contribution in [2.24, 2.45) is 23.5 Å². The number of nitrogens with one attached hydrogen (secondary N) is 1. The van der Waals surface area contributed by atoms with Crippen LogP contribution in [0.1, 0.15) is 47.0 Å². The Morgan fingerprint density at radius 2 is 2.00 bits per heavy atom. The zero-order chi connectivity index (χ0) is 12.3. The summed E-state index contributed by atoms with van der Waals surface area (Å²) in [5.74, 6) is 1.28. The molecule has 16 heavy (non-hydrogen) atoms. The summed E-state index contributed by atoms with van der Waals surface area (Å²) < 4.78 is 0. The van der Waals surface area contributed by atoms with Crippen molar-refractivity contribution < 1.29 is 4.79 Å². The molecule has 1 rings (SSSR count). The van der Waals surface area contributed by atoms with Gasteiger partial charge in [0.2, 0.25) is 5.91 Å². The van der Waals surface area contributed by atoms with E-state index in [2.05, 4.69) is 33.0 Å². The van der Waals surface area contributed by atoms with Crippen LogP contribution in [0.4, 0.5) is 0 Å². The van der Waals surface area contributed by atoms with Gasteiger partial charge in [-0.15, -0.1) is 0 Å². The van der Waals surface area contributed by atoms with Gasteiger partial charge in [0.25, 0.3) is 0 Å². The molecule has 3 heteroatoms. The summed E-state index contributed by atoms with van der Waals surface area (Å²) in [5, 5.41) is 3.16. The highest BCUT2D eigenvalue weighted by molar-refractivity contribution is 5.79. The van der Waals surface area contributed by atoms with Crippen LogP contribution in [0, 0.1) is 17.8 Å². The maximum Gasteiger partial charge on any atom is 0.224 e. The van der Waals surface area contributed by atoms with Gasteiger partial charge in [-0.2, -0.15) is 0 Å². The molecule has 0 radical (unpaired) electrons. The summed E-state index contributed by atoms with van der Waals surface area (Å²) >= 11 is 0. The second-order valence-electron chi connectivity index (χ2n) is 6.05. The zero-order valence-electron chi connectivity index (χ0n) is 11.0. The van der Waals surface area contributed by atoms with Gasteiger partial charge in [0, 0.05) is 12.1 Å². The van der Waals surface area contributed by atoms with Crippen molar-refractivity contribution in [1.29, 1.82) is 0 Å². The summed E-state index contributed by atoms with van der Waals surface area (Å²) in [6.07, 6.45) is 3.36. The Balaban J connectivity index is 2.48. The van der Waals surface area contributed by atoms with Crippen LogP contribution in [0.2, 0.25) is 0 Å². The molecule has 1 aliphatic carbocycles. The first-order valence-electron chi connectivity index (χ1n) is 6.39. The van der Waals surface area contributed by atoms with E-state index in [-0.39, 0.29) is 17.4 Å². The standard InChI is InChI=1S/C13H26N2O/c1-9(2)7-10(8-14)12(16)15-13(3,4)11-5-6-11/h9-11H,5-8,14H2,1-4H3,(H,15,16). The smallest absolute Gasteiger partial charge is 0.224 e. The third-order valence-electron chi connectivity index (χ3n) is 3.45. The Morgan fingerprint density at radius 1 is 1.44 bits per heavy atom. The van der Waals surface area contributed by atoms with Crippen molar-refractivity contribution in [2.75, 3.05) is 6.54 Å². The van der Waals surface area contributed by atoms with Crippen molar-refractivity contribution in [3.63, 3.8) is 0 Å². The minimum atomic E-state index is -0.0541. The lowest BCUT2D eigenvalue weighted by Gasteiger charge is -2.29. The molecule has 0 spiro atoms. The van der Waals surface area contributed by atoms with Gasteiger partial charge >= 0.3 is 0 Å². The fraction of sp³-hybridized carbons (Fsp3) is 0.923. The molecule has 0 aromatic heterocycles. The Bertz CT molecular complexity index is 244. The summed E-state index contributed by atoms with van der Waals surface area (Å²) in [7, 11) is 0. The first kappa shape index (κ1) is 13.5. The normalized spacial score (nSPS) is 18.6. The zero-order valence-corrected chi connectivity index (χ0v) is 11.0. The number of rotatable bonds is 6. The SMILES string of the molecule is CC(C)CC(CN)C(=O)NC(C)(C)C1CC1. The summed E-state index contributed by atoms with van der Waals surface area (Å²) in [6, 6.07) is 0. The molecule has 0 aliphatic heterocycles. The van der Waals surface area contributed by atoms with Gasteiger partial charge in [-0.1, -0.05) is 13.8 Å². The van der Waals surface area contributed by atoms with E-state index in [0.717, 1.165) is 6.42 Å². The van der Waals surface area contributed by atoms with E-state index in [1.54, 1.807) is 0 Å². The van der Waals surface area contributed by atoms with Gasteiger partial charge in [-0.3, -0.25) is 4.79 Å². The summed E-state index contributed by atoms with van der Waals surface area (Å²) in [6.45, 7) is 8.94. The van der Waals surface area contributed by atoms with E-state index in [9.17, 15) is 4.79 Å². The molecule has 1 atom stereocenters. The highest BCUT2D eigenvalue weighted by Gasteiger charge is 2.39. The van der Waals surface area contributed by atoms with E-state index in [1.807, 2.05) is 0 Å². The quantitative estimate of drug-likeness (QED) is 0.727. The van der Waals surface area contributed by atoms with Crippen LogP contribution in [0.15, 0.2) is 0 Å². The van der Waals surface area contributed by atoms with Crippen molar-refractivity contribution >= 4 is 5.91 Å². The average Bonchev–Trinajstić information content (AvgIpc) is 2.95. The fourth-order valence-electron chi connectivity index (χ4n) is 2.21. The third-order valence-corrected chi connectivity index (χ3v) is 3.45. The van der Waals surface area contributed by atoms with Gasteiger partial charge in [0.15, 0.2) is 0 Å². The third kappa shape index (κ3) is 3.78. The maximum absolute atomic E-state index is 12.1. The lowest BCUT2D eigenvalue weighted by Crippen LogP contribution is -2.49. The van der Waals surface area contributed by atoms with E-state index in [1.165, 1.54) is 12.8 Å². The number of nitrogens with two attached hydrogens (primary N) is 1. The van der Waals surface area contributed by atoms with Crippen molar-refractivity contribution in [3.8, 4) is 0 Å². The Kier molecular flexibility index (Phi) is 4.36. The second kappa shape index (κ2) is 5.17. The average molecular weight is 226 g/mol. The van der Waals surface area contributed by atoms with Crippen LogP contribution in [0.3, 0.4) is 0 Å². The van der Waals surface area contributed by atoms with E-state index in [4.69, 9.17) is 5.73 Å². The molecule has 1 aliphatic rings. The molecule has 0 aromatic carbocycles. The molecule has 0 bridgehead atoms. The topological polar surface area (TPSA) is 55.1 Å². The molecule has 94 valence electrons. The van der Waals surface area contributed by atoms with E-state index >= 15 is 0 Å². The van der Waals surface area contributed by atoms with Crippen LogP contribution >= 0.6 is 0 Å². The van der Waals surface area contributed by atoms with Gasteiger partial charge in [-0.05, 0) is 44.9 Å². The molecule has 1 amide bonds. The Hall–Kier alpha value is -0.570. The van der Waals surface area contributed by atoms with E-state index in [0.29, 0.717) is 18.4 Å². The molecule has 3 N–H and O–H groups in total. The summed E-state index contributed by atoms with van der Waals surface area (Å²) in [5.41, 5.74) is 5.62. The molecule has 1 fully saturated rings. The van der Waals surface area contributed by atoms with Gasteiger partial charge in [-0.25, -0.2) is 0 Å². The molecule has 0 heterocycles. The van der Waals surface area contributed by atoms with Crippen molar-refractivity contribution in [2.45, 2.75) is 52.5 Å². The first-order valence-corrected chi connectivity index (χ1v) is 6.39. The highest BCUT2D eigenvalue weighted by Crippen LogP contribution is 2.39. The monoisotopic (exact) mass is 226 g/mol. The predicted octanol–water partition coefficient (Wildman–Crippen LogP) is 1.91. The molecule has 1 unspecified atom stereocenters. The van der Waals surface area contributed by atoms with Crippen LogP contribution in [-0.4, -0.2) is 18.0 Å². The van der Waals surface area contributed by atoms with Crippen LogP contribution in [0.25, 0.3) is 0 Å². The highest BCUT2D eigenvalue weighted by atomic mass is 16.2. The van der Waals surface area contributed by atoms with Gasteiger partial charge in [0.05, 0.1) is 5.92 Å². The van der Waals surface area contributed by atoms with Crippen LogP contribution in [-0.2, 0) is 4.79 Å². The number of carbonyl (C=O) groups excluding carboxylic acids is 1. The molecule has 0 saturated heterocycles. The van der Waals surface area contributed by atoms with Crippen LogP contribution < -0.4 is 11.1 Å². The first-order chi connectivity index (χ1) is 7.36. The lowest BCUT2D eigenvalue weighted by atomic mass is 9.93. The molecule has 0 aromatic rings. The minimum absolute atomic E-state index is 0.0296. The van der Waals surface area contributed by atoms with Gasteiger partial charge < -0.3 is 11.1 Å². The van der Waals surface area contributed by atoms with E-state index < -0.39 is 0 Å². The maximum atomic E-state index is 12.1. The van der Waals surface area contributed by atoms with Gasteiger partial charge in [0.1, 0.15) is 0 Å². The van der Waals surface area contributed by atoms with Crippen molar-refractivity contribution in [3.05, 3.63) is 0 Å². The Morgan fingerprint density at radius 3 is 2.38 bits per heavy atom. The second-order valence-corrected chi connectivity index (χ2v) is 6.05.